The number of aryl methyl sites for hydroxylation is 1. The highest BCUT2D eigenvalue weighted by Gasteiger charge is 2.12. The summed E-state index contributed by atoms with van der Waals surface area (Å²) in [6, 6.07) is 8.55. The molecule has 5 nitrogen and oxygen atoms in total. The topological polar surface area (TPSA) is 79.3 Å². The Bertz CT molecular complexity index is 690. The number of aromatic hydroxyl groups is 1. The third-order valence-electron chi connectivity index (χ3n) is 2.57. The zero-order valence-electron chi connectivity index (χ0n) is 10.5. The van der Waals surface area contributed by atoms with Gasteiger partial charge in [-0.1, -0.05) is 6.07 Å². The summed E-state index contributed by atoms with van der Waals surface area (Å²) in [6.07, 6.45) is 1.85. The lowest BCUT2D eigenvalue weighted by atomic mass is 10.3. The molecule has 2 rings (SSSR count). The van der Waals surface area contributed by atoms with Gasteiger partial charge in [-0.15, -0.1) is 0 Å². The summed E-state index contributed by atoms with van der Waals surface area (Å²) in [5.74, 6) is -1.57. The highest BCUT2D eigenvalue weighted by Crippen LogP contribution is 2.20. The van der Waals surface area contributed by atoms with Gasteiger partial charge in [-0.25, -0.2) is 12.8 Å². The molecule has 0 saturated heterocycles. The first-order valence-corrected chi connectivity index (χ1v) is 7.50. The van der Waals surface area contributed by atoms with Gasteiger partial charge in [-0.3, -0.25) is 9.71 Å². The smallest absolute Gasteiger partial charge is 0.233 e. The lowest BCUT2D eigenvalue weighted by Gasteiger charge is -2.08. The van der Waals surface area contributed by atoms with E-state index in [4.69, 9.17) is 5.11 Å². The molecule has 2 aromatic rings. The highest BCUT2D eigenvalue weighted by atomic mass is 32.2. The number of hydrogen-bond donors (Lipinski definition) is 2. The molecule has 20 heavy (non-hydrogen) atoms. The average molecular weight is 296 g/mol. The molecule has 0 spiro atoms. The van der Waals surface area contributed by atoms with E-state index in [2.05, 4.69) is 9.71 Å². The van der Waals surface area contributed by atoms with Crippen LogP contribution in [0.3, 0.4) is 0 Å². The molecule has 1 aromatic carbocycles. The maximum absolute atomic E-state index is 13.1. The largest absolute Gasteiger partial charge is 0.505 e. The van der Waals surface area contributed by atoms with Crippen LogP contribution in [0.2, 0.25) is 0 Å². The first-order valence-electron chi connectivity index (χ1n) is 5.85. The van der Waals surface area contributed by atoms with Crippen molar-refractivity contribution >= 4 is 15.7 Å². The Morgan fingerprint density at radius 1 is 1.25 bits per heavy atom. The van der Waals surface area contributed by atoms with Gasteiger partial charge < -0.3 is 5.11 Å². The molecule has 0 amide bonds. The van der Waals surface area contributed by atoms with Crippen molar-refractivity contribution in [1.82, 2.24) is 4.98 Å². The lowest BCUT2D eigenvalue weighted by molar-refractivity contribution is 0.432. The molecule has 0 aliphatic rings. The molecule has 0 unspecified atom stereocenters. The number of halogens is 1. The van der Waals surface area contributed by atoms with E-state index in [1.807, 2.05) is 0 Å². The van der Waals surface area contributed by atoms with Gasteiger partial charge in [0.1, 0.15) is 0 Å². The number of rotatable bonds is 5. The zero-order chi connectivity index (χ0) is 14.6. The van der Waals surface area contributed by atoms with Crippen LogP contribution in [0.1, 0.15) is 5.69 Å². The summed E-state index contributed by atoms with van der Waals surface area (Å²) < 4.78 is 39.1. The Labute approximate surface area is 116 Å². The van der Waals surface area contributed by atoms with Gasteiger partial charge in [0.25, 0.3) is 0 Å². The van der Waals surface area contributed by atoms with Crippen LogP contribution in [0.4, 0.5) is 10.1 Å². The number of phenolic OH excluding ortho intramolecular Hbond substituents is 1. The van der Waals surface area contributed by atoms with Crippen LogP contribution < -0.4 is 4.72 Å². The van der Waals surface area contributed by atoms with Crippen molar-refractivity contribution in [2.24, 2.45) is 0 Å². The minimum absolute atomic E-state index is 0.0707. The molecule has 0 bridgehead atoms. The van der Waals surface area contributed by atoms with Crippen LogP contribution >= 0.6 is 0 Å². The van der Waals surface area contributed by atoms with Gasteiger partial charge in [-0.05, 0) is 24.3 Å². The molecule has 106 valence electrons. The first kappa shape index (κ1) is 14.3. The summed E-state index contributed by atoms with van der Waals surface area (Å²) in [7, 11) is -3.60. The quantitative estimate of drug-likeness (QED) is 0.826. The van der Waals surface area contributed by atoms with Crippen LogP contribution in [-0.2, 0) is 16.4 Å². The van der Waals surface area contributed by atoms with Crippen molar-refractivity contribution in [2.45, 2.75) is 6.42 Å². The molecular weight excluding hydrogens is 283 g/mol. The Morgan fingerprint density at radius 2 is 2.05 bits per heavy atom. The third kappa shape index (κ3) is 3.92. The van der Waals surface area contributed by atoms with Crippen molar-refractivity contribution < 1.29 is 17.9 Å². The molecular formula is C13H13FN2O3S. The van der Waals surface area contributed by atoms with Gasteiger partial charge >= 0.3 is 0 Å². The summed E-state index contributed by atoms with van der Waals surface area (Å²) in [4.78, 5) is 4.03. The summed E-state index contributed by atoms with van der Waals surface area (Å²) in [5.41, 5.74) is 0.732. The second kappa shape index (κ2) is 5.87. The summed E-state index contributed by atoms with van der Waals surface area (Å²) in [6.45, 7) is 0. The van der Waals surface area contributed by atoms with Gasteiger partial charge in [-0.2, -0.15) is 0 Å². The van der Waals surface area contributed by atoms with E-state index in [1.165, 1.54) is 6.07 Å². The van der Waals surface area contributed by atoms with E-state index in [0.29, 0.717) is 5.69 Å². The number of nitrogens with one attached hydrogen (secondary N) is 1. The van der Waals surface area contributed by atoms with Crippen LogP contribution in [0.25, 0.3) is 0 Å². The Kier molecular flexibility index (Phi) is 4.19. The number of benzene rings is 1. The van der Waals surface area contributed by atoms with E-state index >= 15 is 0 Å². The molecule has 7 heteroatoms. The Balaban J connectivity index is 2.02. The van der Waals surface area contributed by atoms with Crippen molar-refractivity contribution in [1.29, 1.82) is 0 Å². The number of aromatic nitrogens is 1. The minimum Gasteiger partial charge on any atom is -0.505 e. The number of hydrogen-bond acceptors (Lipinski definition) is 4. The number of anilines is 1. The predicted octanol–water partition coefficient (Wildman–Crippen LogP) is 1.91. The second-order valence-corrected chi connectivity index (χ2v) is 6.00. The van der Waals surface area contributed by atoms with E-state index in [0.717, 1.165) is 12.1 Å². The summed E-state index contributed by atoms with van der Waals surface area (Å²) >= 11 is 0. The second-order valence-electron chi connectivity index (χ2n) is 4.16. The molecule has 0 aliphatic heterocycles. The fourth-order valence-electron chi connectivity index (χ4n) is 1.59. The van der Waals surface area contributed by atoms with Crippen molar-refractivity contribution in [3.05, 3.63) is 54.1 Å². The van der Waals surface area contributed by atoms with Gasteiger partial charge in [0.15, 0.2) is 11.6 Å². The molecule has 0 radical (unpaired) electrons. The van der Waals surface area contributed by atoms with Gasteiger partial charge in [0, 0.05) is 24.4 Å². The number of nitrogens with zero attached hydrogens (tertiary/aromatic N) is 1. The molecule has 0 saturated carbocycles. The fraction of sp³-hybridized carbons (Fsp3) is 0.154. The van der Waals surface area contributed by atoms with Crippen molar-refractivity contribution in [2.75, 3.05) is 10.5 Å². The van der Waals surface area contributed by atoms with E-state index < -0.39 is 21.6 Å². The number of pyridine rings is 1. The monoisotopic (exact) mass is 296 g/mol. The number of phenols is 1. The zero-order valence-corrected chi connectivity index (χ0v) is 11.3. The van der Waals surface area contributed by atoms with E-state index in [1.54, 1.807) is 24.4 Å². The van der Waals surface area contributed by atoms with Crippen LogP contribution in [0, 0.1) is 5.82 Å². The maximum Gasteiger partial charge on any atom is 0.233 e. The molecule has 1 aromatic heterocycles. The predicted molar refractivity (Wildman–Crippen MR) is 73.4 cm³/mol. The molecule has 0 aliphatic carbocycles. The minimum atomic E-state index is -3.60. The summed E-state index contributed by atoms with van der Waals surface area (Å²) in [5, 5.41) is 9.03. The molecule has 1 heterocycles. The van der Waals surface area contributed by atoms with Crippen molar-refractivity contribution in [3.8, 4) is 5.75 Å². The normalized spacial score (nSPS) is 11.2. The molecule has 2 N–H and O–H groups in total. The standard InChI is InChI=1S/C13H13FN2O3S/c14-12-9-11(4-5-13(12)17)16-20(18,19)8-6-10-3-1-2-7-15-10/h1-5,7,9,16-17H,6,8H2. The maximum atomic E-state index is 13.1. The van der Waals surface area contributed by atoms with Gasteiger partial charge in [0.2, 0.25) is 10.0 Å². The average Bonchev–Trinajstić information content (AvgIpc) is 2.42. The number of sulfonamides is 1. The third-order valence-corrected chi connectivity index (χ3v) is 3.86. The first-order chi connectivity index (χ1) is 9.46. The Morgan fingerprint density at radius 3 is 2.70 bits per heavy atom. The lowest BCUT2D eigenvalue weighted by Crippen LogP contribution is -2.18. The van der Waals surface area contributed by atoms with E-state index in [9.17, 15) is 12.8 Å². The van der Waals surface area contributed by atoms with Gasteiger partial charge in [0.05, 0.1) is 11.4 Å². The SMILES string of the molecule is O=S(=O)(CCc1ccccn1)Nc1ccc(O)c(F)c1. The molecule has 0 fully saturated rings. The van der Waals surface area contributed by atoms with E-state index in [-0.39, 0.29) is 17.9 Å². The fourth-order valence-corrected chi connectivity index (χ4v) is 2.65. The van der Waals surface area contributed by atoms with Crippen LogP contribution in [0.5, 0.6) is 5.75 Å². The van der Waals surface area contributed by atoms with Crippen LogP contribution in [-0.4, -0.2) is 24.3 Å². The molecule has 0 atom stereocenters. The van der Waals surface area contributed by atoms with Crippen LogP contribution in [0.15, 0.2) is 42.6 Å². The Hall–Kier alpha value is -2.15. The van der Waals surface area contributed by atoms with Crippen molar-refractivity contribution in [3.63, 3.8) is 0 Å². The highest BCUT2D eigenvalue weighted by molar-refractivity contribution is 7.92.